The average Bonchev–Trinajstić information content (AvgIpc) is 2.85. The van der Waals surface area contributed by atoms with Gasteiger partial charge in [-0.15, -0.1) is 0 Å². The summed E-state index contributed by atoms with van der Waals surface area (Å²) in [5.41, 5.74) is 3.05. The van der Waals surface area contributed by atoms with E-state index in [1.807, 2.05) is 12.1 Å². The van der Waals surface area contributed by atoms with E-state index in [9.17, 15) is 4.79 Å². The number of hydrogen-bond donors (Lipinski definition) is 1. The average molecular weight is 306 g/mol. The first kappa shape index (κ1) is 13.5. The molecule has 0 radical (unpaired) electrons. The largest absolute Gasteiger partial charge is 0.345 e. The molecule has 0 spiro atoms. The van der Waals surface area contributed by atoms with Gasteiger partial charge < -0.3 is 5.32 Å². The summed E-state index contributed by atoms with van der Waals surface area (Å²) in [7, 11) is 0. The van der Waals surface area contributed by atoms with E-state index in [1.165, 1.54) is 11.1 Å². The summed E-state index contributed by atoms with van der Waals surface area (Å²) in [6, 6.07) is 13.2. The molecule has 0 saturated carbocycles. The zero-order valence-electron chi connectivity index (χ0n) is 10.7. The lowest BCUT2D eigenvalue weighted by molar-refractivity contribution is 0.0936. The number of benzene rings is 2. The number of nitrogens with one attached hydrogen (secondary N) is 1. The van der Waals surface area contributed by atoms with Gasteiger partial charge in [-0.25, -0.2) is 0 Å². The van der Waals surface area contributed by atoms with Gasteiger partial charge in [0.05, 0.1) is 16.1 Å². The minimum absolute atomic E-state index is 0.0770. The normalized spacial score (nSPS) is 16.8. The third-order valence-electron chi connectivity index (χ3n) is 3.62. The van der Waals surface area contributed by atoms with Crippen molar-refractivity contribution in [3.05, 3.63) is 69.2 Å². The molecule has 0 saturated heterocycles. The smallest absolute Gasteiger partial charge is 0.251 e. The number of carbonyl (C=O) groups is 1. The molecular weight excluding hydrogens is 293 g/mol. The van der Waals surface area contributed by atoms with E-state index in [0.29, 0.717) is 15.6 Å². The third kappa shape index (κ3) is 2.54. The van der Waals surface area contributed by atoms with Crippen LogP contribution in [0.1, 0.15) is 33.9 Å². The van der Waals surface area contributed by atoms with Crippen LogP contribution in [0.25, 0.3) is 0 Å². The summed E-state index contributed by atoms with van der Waals surface area (Å²) in [5.74, 6) is -0.120. The van der Waals surface area contributed by atoms with Gasteiger partial charge in [0.15, 0.2) is 0 Å². The molecular formula is C16H13Cl2NO. The fourth-order valence-electron chi connectivity index (χ4n) is 2.59. The van der Waals surface area contributed by atoms with Crippen molar-refractivity contribution in [2.75, 3.05) is 0 Å². The van der Waals surface area contributed by atoms with Gasteiger partial charge in [-0.2, -0.15) is 0 Å². The van der Waals surface area contributed by atoms with E-state index in [2.05, 4.69) is 17.4 Å². The molecule has 1 aliphatic carbocycles. The Morgan fingerprint density at radius 2 is 1.90 bits per heavy atom. The highest BCUT2D eigenvalue weighted by atomic mass is 35.5. The van der Waals surface area contributed by atoms with E-state index in [1.54, 1.807) is 18.2 Å². The number of aryl methyl sites for hydroxylation is 1. The van der Waals surface area contributed by atoms with Crippen LogP contribution < -0.4 is 5.32 Å². The highest BCUT2D eigenvalue weighted by Crippen LogP contribution is 2.31. The maximum atomic E-state index is 12.3. The van der Waals surface area contributed by atoms with Crippen LogP contribution >= 0.6 is 23.2 Å². The predicted octanol–water partition coefficient (Wildman–Crippen LogP) is 4.41. The van der Waals surface area contributed by atoms with Crippen molar-refractivity contribution >= 4 is 29.1 Å². The van der Waals surface area contributed by atoms with Crippen molar-refractivity contribution in [2.24, 2.45) is 0 Å². The second-order valence-corrected chi connectivity index (χ2v) is 5.71. The number of hydrogen-bond acceptors (Lipinski definition) is 1. The fourth-order valence-corrected chi connectivity index (χ4v) is 2.88. The van der Waals surface area contributed by atoms with Crippen molar-refractivity contribution in [3.8, 4) is 0 Å². The van der Waals surface area contributed by atoms with Crippen molar-refractivity contribution in [3.63, 3.8) is 0 Å². The second kappa shape index (κ2) is 5.47. The van der Waals surface area contributed by atoms with Crippen molar-refractivity contribution in [1.29, 1.82) is 0 Å². The van der Waals surface area contributed by atoms with Crippen molar-refractivity contribution in [2.45, 2.75) is 18.9 Å². The first-order chi connectivity index (χ1) is 9.65. The van der Waals surface area contributed by atoms with Gasteiger partial charge in [0.1, 0.15) is 0 Å². The van der Waals surface area contributed by atoms with Gasteiger partial charge in [0, 0.05) is 5.56 Å². The van der Waals surface area contributed by atoms with Gasteiger partial charge in [-0.1, -0.05) is 47.5 Å². The molecule has 0 unspecified atom stereocenters. The topological polar surface area (TPSA) is 29.1 Å². The zero-order chi connectivity index (χ0) is 14.1. The number of carbonyl (C=O) groups excluding carboxylic acids is 1. The SMILES string of the molecule is O=C(N[C@@H]1CCc2ccccc21)c1ccc(Cl)c(Cl)c1. The van der Waals surface area contributed by atoms with Crippen LogP contribution in [0, 0.1) is 0 Å². The Kier molecular flexibility index (Phi) is 3.68. The summed E-state index contributed by atoms with van der Waals surface area (Å²) in [6.07, 6.45) is 1.94. The Morgan fingerprint density at radius 1 is 1.10 bits per heavy atom. The van der Waals surface area contributed by atoms with E-state index < -0.39 is 0 Å². The molecule has 102 valence electrons. The van der Waals surface area contributed by atoms with Crippen LogP contribution in [0.3, 0.4) is 0 Å². The second-order valence-electron chi connectivity index (χ2n) is 4.89. The Labute approximate surface area is 127 Å². The third-order valence-corrected chi connectivity index (χ3v) is 4.36. The maximum absolute atomic E-state index is 12.3. The summed E-state index contributed by atoms with van der Waals surface area (Å²) in [4.78, 5) is 12.3. The van der Waals surface area contributed by atoms with E-state index in [-0.39, 0.29) is 11.9 Å². The van der Waals surface area contributed by atoms with Gasteiger partial charge in [0.2, 0.25) is 0 Å². The van der Waals surface area contributed by atoms with Crippen molar-refractivity contribution in [1.82, 2.24) is 5.32 Å². The lowest BCUT2D eigenvalue weighted by atomic mass is 10.1. The monoisotopic (exact) mass is 305 g/mol. The van der Waals surface area contributed by atoms with E-state index >= 15 is 0 Å². The Hall–Kier alpha value is -1.51. The van der Waals surface area contributed by atoms with Crippen molar-refractivity contribution < 1.29 is 4.79 Å². The number of halogens is 2. The minimum Gasteiger partial charge on any atom is -0.345 e. The molecule has 0 aliphatic heterocycles. The Balaban J connectivity index is 1.79. The van der Waals surface area contributed by atoms with E-state index in [0.717, 1.165) is 12.8 Å². The molecule has 1 amide bonds. The van der Waals surface area contributed by atoms with Crippen LogP contribution in [-0.4, -0.2) is 5.91 Å². The number of amides is 1. The van der Waals surface area contributed by atoms with Crippen LogP contribution in [0.5, 0.6) is 0 Å². The van der Waals surface area contributed by atoms with Crippen LogP contribution in [0.15, 0.2) is 42.5 Å². The lowest BCUT2D eigenvalue weighted by Crippen LogP contribution is -2.27. The highest BCUT2D eigenvalue weighted by molar-refractivity contribution is 6.42. The Bertz CT molecular complexity index is 669. The van der Waals surface area contributed by atoms with Crippen LogP contribution in [-0.2, 0) is 6.42 Å². The molecule has 4 heteroatoms. The molecule has 2 aromatic carbocycles. The highest BCUT2D eigenvalue weighted by Gasteiger charge is 2.23. The molecule has 1 N–H and O–H groups in total. The first-order valence-corrected chi connectivity index (χ1v) is 7.24. The van der Waals surface area contributed by atoms with E-state index in [4.69, 9.17) is 23.2 Å². The summed E-state index contributed by atoms with van der Waals surface area (Å²) >= 11 is 11.8. The molecule has 0 bridgehead atoms. The molecule has 20 heavy (non-hydrogen) atoms. The zero-order valence-corrected chi connectivity index (χ0v) is 12.2. The Morgan fingerprint density at radius 3 is 2.70 bits per heavy atom. The van der Waals surface area contributed by atoms with Gasteiger partial charge in [-0.05, 0) is 42.2 Å². The molecule has 3 rings (SSSR count). The lowest BCUT2D eigenvalue weighted by Gasteiger charge is -2.14. The molecule has 0 heterocycles. The summed E-state index contributed by atoms with van der Waals surface area (Å²) < 4.78 is 0. The number of fused-ring (bicyclic) bond motifs is 1. The fraction of sp³-hybridized carbons (Fsp3) is 0.188. The quantitative estimate of drug-likeness (QED) is 0.875. The van der Waals surface area contributed by atoms with Crippen LogP contribution in [0.4, 0.5) is 0 Å². The molecule has 0 aromatic heterocycles. The molecule has 1 aliphatic rings. The standard InChI is InChI=1S/C16H13Cl2NO/c17-13-7-5-11(9-14(13)18)16(20)19-15-8-6-10-3-1-2-4-12(10)15/h1-5,7,9,15H,6,8H2,(H,19,20)/t15-/m1/s1. The minimum atomic E-state index is -0.120. The maximum Gasteiger partial charge on any atom is 0.251 e. The predicted molar refractivity (Wildman–Crippen MR) is 81.4 cm³/mol. The van der Waals surface area contributed by atoms with Gasteiger partial charge >= 0.3 is 0 Å². The van der Waals surface area contributed by atoms with Gasteiger partial charge in [0.25, 0.3) is 5.91 Å². The summed E-state index contributed by atoms with van der Waals surface area (Å²) in [6.45, 7) is 0. The molecule has 1 atom stereocenters. The number of rotatable bonds is 2. The molecule has 2 aromatic rings. The molecule has 0 fully saturated rings. The van der Waals surface area contributed by atoms with Gasteiger partial charge in [-0.3, -0.25) is 4.79 Å². The summed E-state index contributed by atoms with van der Waals surface area (Å²) in [5, 5.41) is 3.91. The molecule has 2 nitrogen and oxygen atoms in total. The van der Waals surface area contributed by atoms with Crippen LogP contribution in [0.2, 0.25) is 10.0 Å². The first-order valence-electron chi connectivity index (χ1n) is 6.49.